The number of halogens is 4. The van der Waals surface area contributed by atoms with Crippen molar-refractivity contribution in [2.24, 2.45) is 0 Å². The predicted octanol–water partition coefficient (Wildman–Crippen LogP) is 5.22. The van der Waals surface area contributed by atoms with E-state index in [9.17, 15) is 8.78 Å². The molecule has 0 heterocycles. The van der Waals surface area contributed by atoms with Gasteiger partial charge in [0.05, 0.1) is 16.4 Å². The van der Waals surface area contributed by atoms with Crippen LogP contribution in [0.5, 0.6) is 5.75 Å². The second kappa shape index (κ2) is 6.01. The first kappa shape index (κ1) is 14.5. The van der Waals surface area contributed by atoms with E-state index in [4.69, 9.17) is 4.74 Å². The van der Waals surface area contributed by atoms with Gasteiger partial charge in [-0.05, 0) is 33.6 Å². The van der Waals surface area contributed by atoms with Crippen molar-refractivity contribution in [1.82, 2.24) is 0 Å². The molecule has 0 spiro atoms. The van der Waals surface area contributed by atoms with Gasteiger partial charge in [-0.2, -0.15) is 0 Å². The lowest BCUT2D eigenvalue weighted by atomic mass is 10.0. The molecule has 0 fully saturated rings. The van der Waals surface area contributed by atoms with E-state index in [-0.39, 0.29) is 5.82 Å². The molecule has 0 radical (unpaired) electrons. The van der Waals surface area contributed by atoms with E-state index in [1.54, 1.807) is 24.3 Å². The van der Waals surface area contributed by atoms with Crippen molar-refractivity contribution in [1.29, 1.82) is 0 Å². The van der Waals surface area contributed by atoms with Crippen molar-refractivity contribution in [2.45, 2.75) is 4.83 Å². The molecule has 0 aromatic heterocycles. The van der Waals surface area contributed by atoms with Crippen molar-refractivity contribution in [2.75, 3.05) is 7.11 Å². The largest absolute Gasteiger partial charge is 0.497 e. The van der Waals surface area contributed by atoms with Crippen molar-refractivity contribution >= 4 is 31.9 Å². The Morgan fingerprint density at radius 3 is 2.42 bits per heavy atom. The van der Waals surface area contributed by atoms with Gasteiger partial charge in [0.1, 0.15) is 17.4 Å². The third-order valence-electron chi connectivity index (χ3n) is 2.74. The van der Waals surface area contributed by atoms with Crippen LogP contribution in [-0.2, 0) is 0 Å². The molecular weight excluding hydrogens is 382 g/mol. The minimum atomic E-state index is -0.441. The average molecular weight is 392 g/mol. The molecule has 2 rings (SSSR count). The number of methoxy groups -OCH3 is 1. The van der Waals surface area contributed by atoms with Gasteiger partial charge >= 0.3 is 0 Å². The zero-order valence-corrected chi connectivity index (χ0v) is 13.1. The highest BCUT2D eigenvalue weighted by atomic mass is 79.9. The number of ether oxygens (including phenoxy) is 1. The van der Waals surface area contributed by atoms with Crippen LogP contribution in [0.3, 0.4) is 0 Å². The molecule has 0 bridgehead atoms. The maximum absolute atomic E-state index is 14.0. The smallest absolute Gasteiger partial charge is 0.137 e. The van der Waals surface area contributed by atoms with Crippen LogP contribution in [0.4, 0.5) is 8.78 Å². The Morgan fingerprint density at radius 2 is 1.79 bits per heavy atom. The fourth-order valence-corrected chi connectivity index (χ4v) is 3.28. The summed E-state index contributed by atoms with van der Waals surface area (Å²) in [6.45, 7) is 0. The Labute approximate surface area is 126 Å². The molecule has 1 unspecified atom stereocenters. The number of hydrogen-bond acceptors (Lipinski definition) is 1. The fourth-order valence-electron chi connectivity index (χ4n) is 1.72. The van der Waals surface area contributed by atoms with Gasteiger partial charge in [0, 0.05) is 11.6 Å². The Hall–Kier alpha value is -0.940. The summed E-state index contributed by atoms with van der Waals surface area (Å²) in [5.74, 6) is -0.340. The van der Waals surface area contributed by atoms with E-state index < -0.39 is 10.6 Å². The molecule has 0 aliphatic carbocycles. The Bertz CT molecular complexity index is 602. The summed E-state index contributed by atoms with van der Waals surface area (Å²) in [5.41, 5.74) is 1.05. The molecule has 19 heavy (non-hydrogen) atoms. The van der Waals surface area contributed by atoms with Crippen LogP contribution in [0.1, 0.15) is 16.0 Å². The Balaban J connectivity index is 2.44. The summed E-state index contributed by atoms with van der Waals surface area (Å²) in [6, 6.07) is 9.25. The molecule has 1 nitrogen and oxygen atoms in total. The lowest BCUT2D eigenvalue weighted by Gasteiger charge is -2.14. The Morgan fingerprint density at radius 1 is 1.05 bits per heavy atom. The van der Waals surface area contributed by atoms with Crippen LogP contribution >= 0.6 is 31.9 Å². The molecule has 0 aliphatic rings. The van der Waals surface area contributed by atoms with Gasteiger partial charge < -0.3 is 4.74 Å². The first-order valence-electron chi connectivity index (χ1n) is 5.46. The Kier molecular flexibility index (Phi) is 4.58. The van der Waals surface area contributed by atoms with Crippen LogP contribution in [0.15, 0.2) is 40.9 Å². The van der Waals surface area contributed by atoms with E-state index in [1.807, 2.05) is 0 Å². The van der Waals surface area contributed by atoms with E-state index in [1.165, 1.54) is 19.2 Å². The van der Waals surface area contributed by atoms with Crippen LogP contribution in [0, 0.1) is 11.6 Å². The van der Waals surface area contributed by atoms with Crippen LogP contribution < -0.4 is 4.74 Å². The SMILES string of the molecule is COc1ccc(C(Br)c2cccc(F)c2Br)c(F)c1. The zero-order valence-electron chi connectivity index (χ0n) is 9.96. The molecule has 2 aromatic carbocycles. The molecule has 0 saturated carbocycles. The van der Waals surface area contributed by atoms with E-state index in [0.29, 0.717) is 21.3 Å². The van der Waals surface area contributed by atoms with Crippen LogP contribution in [-0.4, -0.2) is 7.11 Å². The first-order chi connectivity index (χ1) is 9.04. The molecule has 2 aromatic rings. The fraction of sp³-hybridized carbons (Fsp3) is 0.143. The van der Waals surface area contributed by atoms with E-state index in [2.05, 4.69) is 31.9 Å². The molecule has 1 atom stereocenters. The summed E-state index contributed by atoms with van der Waals surface area (Å²) in [7, 11) is 1.48. The normalized spacial score (nSPS) is 12.3. The topological polar surface area (TPSA) is 9.23 Å². The minimum Gasteiger partial charge on any atom is -0.497 e. The molecule has 0 saturated heterocycles. The number of rotatable bonds is 3. The number of alkyl halides is 1. The molecular formula is C14H10Br2F2O. The monoisotopic (exact) mass is 390 g/mol. The predicted molar refractivity (Wildman–Crippen MR) is 77.8 cm³/mol. The quantitative estimate of drug-likeness (QED) is 0.651. The second-order valence-corrected chi connectivity index (χ2v) is 5.60. The second-order valence-electron chi connectivity index (χ2n) is 3.89. The third kappa shape index (κ3) is 2.98. The average Bonchev–Trinajstić information content (AvgIpc) is 2.41. The molecule has 0 amide bonds. The van der Waals surface area contributed by atoms with Crippen LogP contribution in [0.2, 0.25) is 0 Å². The number of benzene rings is 2. The summed E-state index contributed by atoms with van der Waals surface area (Å²) in [5, 5.41) is 0. The van der Waals surface area contributed by atoms with Crippen molar-refractivity contribution in [3.8, 4) is 5.75 Å². The lowest BCUT2D eigenvalue weighted by Crippen LogP contribution is -1.99. The van der Waals surface area contributed by atoms with Gasteiger partial charge in [-0.25, -0.2) is 8.78 Å². The van der Waals surface area contributed by atoms with Gasteiger partial charge in [0.15, 0.2) is 0 Å². The maximum atomic E-state index is 14.0. The minimum absolute atomic E-state index is 0.326. The standard InChI is InChI=1S/C14H10Br2F2O/c1-19-8-5-6-9(12(18)7-8)13(15)10-3-2-4-11(17)14(10)16/h2-7,13H,1H3. The third-order valence-corrected chi connectivity index (χ3v) is 4.56. The zero-order chi connectivity index (χ0) is 14.0. The van der Waals surface area contributed by atoms with Gasteiger partial charge in [-0.15, -0.1) is 0 Å². The molecule has 0 aliphatic heterocycles. The van der Waals surface area contributed by atoms with Crippen molar-refractivity contribution in [3.63, 3.8) is 0 Å². The van der Waals surface area contributed by atoms with Gasteiger partial charge in [0.2, 0.25) is 0 Å². The summed E-state index contributed by atoms with van der Waals surface area (Å²) in [4.78, 5) is -0.441. The van der Waals surface area contributed by atoms with Crippen molar-refractivity contribution in [3.05, 3.63) is 63.6 Å². The maximum Gasteiger partial charge on any atom is 0.137 e. The van der Waals surface area contributed by atoms with Crippen LogP contribution in [0.25, 0.3) is 0 Å². The number of hydrogen-bond donors (Lipinski definition) is 0. The molecule has 5 heteroatoms. The summed E-state index contributed by atoms with van der Waals surface area (Å²) < 4.78 is 32.8. The molecule has 0 N–H and O–H groups in total. The highest BCUT2D eigenvalue weighted by Gasteiger charge is 2.19. The van der Waals surface area contributed by atoms with E-state index in [0.717, 1.165) is 0 Å². The lowest BCUT2D eigenvalue weighted by molar-refractivity contribution is 0.411. The highest BCUT2D eigenvalue weighted by molar-refractivity contribution is 9.11. The summed E-state index contributed by atoms with van der Waals surface area (Å²) >= 11 is 6.58. The van der Waals surface area contributed by atoms with Gasteiger partial charge in [-0.3, -0.25) is 0 Å². The van der Waals surface area contributed by atoms with E-state index >= 15 is 0 Å². The van der Waals surface area contributed by atoms with Gasteiger partial charge in [-0.1, -0.05) is 34.1 Å². The summed E-state index contributed by atoms with van der Waals surface area (Å²) in [6.07, 6.45) is 0. The highest BCUT2D eigenvalue weighted by Crippen LogP contribution is 2.38. The first-order valence-corrected chi connectivity index (χ1v) is 7.17. The van der Waals surface area contributed by atoms with Crippen molar-refractivity contribution < 1.29 is 13.5 Å². The van der Waals surface area contributed by atoms with Gasteiger partial charge in [0.25, 0.3) is 0 Å². The molecule has 100 valence electrons.